The van der Waals surface area contributed by atoms with Crippen LogP contribution in [-0.4, -0.2) is 34.9 Å². The van der Waals surface area contributed by atoms with Crippen molar-refractivity contribution in [3.05, 3.63) is 0 Å². The predicted octanol–water partition coefficient (Wildman–Crippen LogP) is 25.8. The molecule has 79 heavy (non-hydrogen) atoms. The van der Waals surface area contributed by atoms with Crippen LogP contribution in [0, 0.1) is 0 Å². The average Bonchev–Trinajstić information content (AvgIpc) is 3.45. The van der Waals surface area contributed by atoms with Crippen LogP contribution in [0.15, 0.2) is 0 Å². The van der Waals surface area contributed by atoms with Crippen molar-refractivity contribution in [3.63, 3.8) is 0 Å². The highest BCUT2D eigenvalue weighted by Crippen LogP contribution is 2.21. The number of unbranched alkanes of at least 4 members (excludes halogenated alkanes) is 65. The topological polar surface area (TPSA) is 69.6 Å². The van der Waals surface area contributed by atoms with E-state index in [4.69, 9.17) is 0 Å². The van der Waals surface area contributed by atoms with Crippen LogP contribution in [0.5, 0.6) is 0 Å². The van der Waals surface area contributed by atoms with Gasteiger partial charge in [-0.2, -0.15) is 0 Å². The molecule has 3 N–H and O–H groups in total. The number of carbonyl (C=O) groups is 1. The molecule has 0 spiro atoms. The minimum absolute atomic E-state index is 0.0186. The fourth-order valence-electron chi connectivity index (χ4n) is 12.7. The molecule has 0 bridgehead atoms. The zero-order valence-corrected chi connectivity index (χ0v) is 55.0. The molecule has 0 rings (SSSR count). The minimum atomic E-state index is -0.657. The van der Waals surface area contributed by atoms with E-state index in [0.29, 0.717) is 12.8 Å². The Kier molecular flexibility index (Phi) is 71.1. The quantitative estimate of drug-likeness (QED) is 0.0532. The molecule has 0 aromatic heterocycles. The lowest BCUT2D eigenvalue weighted by Gasteiger charge is -2.22. The van der Waals surface area contributed by atoms with Crippen LogP contribution in [0.3, 0.4) is 0 Å². The van der Waals surface area contributed by atoms with Crippen LogP contribution in [-0.2, 0) is 4.79 Å². The Morgan fingerprint density at radius 2 is 0.405 bits per heavy atom. The molecule has 1 amide bonds. The van der Waals surface area contributed by atoms with E-state index in [2.05, 4.69) is 19.2 Å². The molecule has 0 aliphatic carbocycles. The fraction of sp³-hybridized carbons (Fsp3) is 0.987. The van der Waals surface area contributed by atoms with Crippen molar-refractivity contribution in [2.75, 3.05) is 6.61 Å². The first-order chi connectivity index (χ1) is 39.2. The number of hydrogen-bond donors (Lipinski definition) is 3. The van der Waals surface area contributed by atoms with Gasteiger partial charge in [0.1, 0.15) is 0 Å². The maximum Gasteiger partial charge on any atom is 0.220 e. The van der Waals surface area contributed by atoms with Gasteiger partial charge in [0.15, 0.2) is 0 Å². The monoisotopic (exact) mass is 1110 g/mol. The molecule has 0 aromatic carbocycles. The number of amides is 1. The van der Waals surface area contributed by atoms with Crippen LogP contribution in [0.4, 0.5) is 0 Å². The summed E-state index contributed by atoms with van der Waals surface area (Å²) >= 11 is 0. The van der Waals surface area contributed by atoms with Crippen LogP contribution in [0.2, 0.25) is 0 Å². The molecule has 0 radical (unpaired) electrons. The smallest absolute Gasteiger partial charge is 0.220 e. The van der Waals surface area contributed by atoms with Crippen molar-refractivity contribution < 1.29 is 15.0 Å². The van der Waals surface area contributed by atoms with Gasteiger partial charge in [-0.1, -0.05) is 438 Å². The highest BCUT2D eigenvalue weighted by atomic mass is 16.3. The van der Waals surface area contributed by atoms with E-state index < -0.39 is 12.1 Å². The normalized spacial score (nSPS) is 12.5. The molecular formula is C75H151NO3. The molecule has 0 aromatic rings. The number of rotatable bonds is 72. The van der Waals surface area contributed by atoms with Crippen molar-refractivity contribution in [1.29, 1.82) is 0 Å². The summed E-state index contributed by atoms with van der Waals surface area (Å²) in [6, 6.07) is -0.533. The first-order valence-corrected chi connectivity index (χ1v) is 37.7. The van der Waals surface area contributed by atoms with Gasteiger partial charge in [-0.3, -0.25) is 4.79 Å². The van der Waals surface area contributed by atoms with Crippen LogP contribution >= 0.6 is 0 Å². The Balaban J connectivity index is 3.32. The second kappa shape index (κ2) is 71.7. The van der Waals surface area contributed by atoms with Gasteiger partial charge in [-0.05, 0) is 12.8 Å². The molecule has 0 heterocycles. The van der Waals surface area contributed by atoms with Gasteiger partial charge < -0.3 is 15.5 Å². The van der Waals surface area contributed by atoms with Gasteiger partial charge in [-0.15, -0.1) is 0 Å². The van der Waals surface area contributed by atoms with E-state index in [1.54, 1.807) is 0 Å². The van der Waals surface area contributed by atoms with Gasteiger partial charge in [-0.25, -0.2) is 0 Å². The Bertz CT molecular complexity index is 1080. The van der Waals surface area contributed by atoms with Crippen LogP contribution in [0.25, 0.3) is 0 Å². The van der Waals surface area contributed by atoms with Crippen LogP contribution < -0.4 is 5.32 Å². The lowest BCUT2D eigenvalue weighted by Crippen LogP contribution is -2.45. The molecule has 0 aliphatic rings. The lowest BCUT2D eigenvalue weighted by atomic mass is 10.0. The van der Waals surface area contributed by atoms with Crippen molar-refractivity contribution in [2.24, 2.45) is 0 Å². The second-order valence-electron chi connectivity index (χ2n) is 26.4. The Hall–Kier alpha value is -0.610. The Labute approximate surface area is 499 Å². The van der Waals surface area contributed by atoms with E-state index in [1.807, 2.05) is 0 Å². The van der Waals surface area contributed by atoms with E-state index in [1.165, 1.54) is 405 Å². The number of hydrogen-bond acceptors (Lipinski definition) is 3. The minimum Gasteiger partial charge on any atom is -0.394 e. The highest BCUT2D eigenvalue weighted by molar-refractivity contribution is 5.76. The second-order valence-corrected chi connectivity index (χ2v) is 26.4. The molecule has 4 nitrogen and oxygen atoms in total. The Morgan fingerprint density at radius 3 is 0.570 bits per heavy atom. The largest absolute Gasteiger partial charge is 0.394 e. The van der Waals surface area contributed by atoms with Crippen molar-refractivity contribution in [1.82, 2.24) is 5.32 Å². The maximum absolute atomic E-state index is 12.6. The molecule has 0 saturated carbocycles. The average molecular weight is 1120 g/mol. The van der Waals surface area contributed by atoms with E-state index in [-0.39, 0.29) is 12.5 Å². The van der Waals surface area contributed by atoms with Gasteiger partial charge >= 0.3 is 0 Å². The summed E-state index contributed by atoms with van der Waals surface area (Å²) in [7, 11) is 0. The molecule has 0 aliphatic heterocycles. The van der Waals surface area contributed by atoms with E-state index in [9.17, 15) is 15.0 Å². The Morgan fingerprint density at radius 1 is 0.253 bits per heavy atom. The van der Waals surface area contributed by atoms with Gasteiger partial charge in [0.05, 0.1) is 18.8 Å². The SMILES string of the molecule is CCCCCCCCCCCCCCCCCCCCCCCCCCCCCCCCCCCCCCCCCCCC(=O)NC(CO)C(O)CCCCCCCCCCCCCCCCCCCCCCCCCCCC. The van der Waals surface area contributed by atoms with Gasteiger partial charge in [0, 0.05) is 6.42 Å². The zero-order valence-electron chi connectivity index (χ0n) is 55.0. The summed E-state index contributed by atoms with van der Waals surface area (Å²) in [5.74, 6) is -0.0186. The zero-order chi connectivity index (χ0) is 56.9. The maximum atomic E-state index is 12.6. The number of aliphatic hydroxyl groups excluding tert-OH is 2. The predicted molar refractivity (Wildman–Crippen MR) is 355 cm³/mol. The summed E-state index contributed by atoms with van der Waals surface area (Å²) in [6.07, 6.45) is 94.9. The third kappa shape index (κ3) is 68.1. The summed E-state index contributed by atoms with van der Waals surface area (Å²) < 4.78 is 0. The number of nitrogens with one attached hydrogen (secondary N) is 1. The molecule has 0 fully saturated rings. The number of aliphatic hydroxyl groups is 2. The fourth-order valence-corrected chi connectivity index (χ4v) is 12.7. The third-order valence-corrected chi connectivity index (χ3v) is 18.4. The summed E-state index contributed by atoms with van der Waals surface area (Å²) in [4.78, 5) is 12.6. The van der Waals surface area contributed by atoms with Crippen molar-refractivity contribution in [2.45, 2.75) is 469 Å². The lowest BCUT2D eigenvalue weighted by molar-refractivity contribution is -0.123. The highest BCUT2D eigenvalue weighted by Gasteiger charge is 2.20. The van der Waals surface area contributed by atoms with Crippen molar-refractivity contribution >= 4 is 5.91 Å². The number of carbonyl (C=O) groups excluding carboxylic acids is 1. The third-order valence-electron chi connectivity index (χ3n) is 18.4. The molecule has 0 saturated heterocycles. The van der Waals surface area contributed by atoms with Crippen LogP contribution in [0.1, 0.15) is 457 Å². The summed E-state index contributed by atoms with van der Waals surface area (Å²) in [6.45, 7) is 4.42. The first kappa shape index (κ1) is 78.4. The molecule has 474 valence electrons. The molecule has 2 atom stereocenters. The summed E-state index contributed by atoms with van der Waals surface area (Å²) in [5, 5.41) is 23.5. The molecule has 2 unspecified atom stereocenters. The summed E-state index contributed by atoms with van der Waals surface area (Å²) in [5.41, 5.74) is 0. The molecule has 4 heteroatoms. The first-order valence-electron chi connectivity index (χ1n) is 37.7. The van der Waals surface area contributed by atoms with E-state index >= 15 is 0 Å². The van der Waals surface area contributed by atoms with Gasteiger partial charge in [0.2, 0.25) is 5.91 Å². The van der Waals surface area contributed by atoms with Crippen molar-refractivity contribution in [3.8, 4) is 0 Å². The van der Waals surface area contributed by atoms with Gasteiger partial charge in [0.25, 0.3) is 0 Å². The standard InChI is InChI=1S/C75H151NO3/c1-3-5-7-9-11-13-15-17-19-21-23-25-27-29-31-32-33-34-35-36-37-38-39-40-41-42-43-44-45-47-49-51-53-55-57-59-61-63-65-67-69-71-75(79)76-73(72-77)74(78)70-68-66-64-62-60-58-56-54-52-50-48-46-30-28-26-24-22-20-18-16-14-12-10-8-6-4-2/h73-74,77-78H,3-72H2,1-2H3,(H,76,79). The molecular weight excluding hydrogens is 963 g/mol. The van der Waals surface area contributed by atoms with E-state index in [0.717, 1.165) is 25.7 Å².